The van der Waals surface area contributed by atoms with Crippen molar-refractivity contribution in [1.29, 1.82) is 0 Å². The second-order valence-electron chi connectivity index (χ2n) is 6.46. The molecule has 0 saturated heterocycles. The summed E-state index contributed by atoms with van der Waals surface area (Å²) in [6.07, 6.45) is 0.475. The average molecular weight is 457 g/mol. The number of thioether (sulfide) groups is 1. The predicted molar refractivity (Wildman–Crippen MR) is 120 cm³/mol. The first-order valence-electron chi connectivity index (χ1n) is 8.97. The highest BCUT2D eigenvalue weighted by Crippen LogP contribution is 2.21. The zero-order chi connectivity index (χ0) is 21.4. The van der Waals surface area contributed by atoms with Crippen LogP contribution in [0.1, 0.15) is 12.5 Å². The second kappa shape index (κ2) is 10.8. The Hall–Kier alpha value is -1.90. The average Bonchev–Trinajstić information content (AvgIpc) is 2.67. The van der Waals surface area contributed by atoms with Crippen LogP contribution in [-0.4, -0.2) is 46.0 Å². The van der Waals surface area contributed by atoms with E-state index in [2.05, 4.69) is 5.32 Å². The van der Waals surface area contributed by atoms with E-state index in [1.165, 1.54) is 11.4 Å². The van der Waals surface area contributed by atoms with E-state index in [0.717, 1.165) is 28.3 Å². The molecule has 0 spiro atoms. The van der Waals surface area contributed by atoms with Crippen molar-refractivity contribution in [2.75, 3.05) is 29.9 Å². The number of nitrogens with zero attached hydrogens (tertiary/aromatic N) is 1. The smallest absolute Gasteiger partial charge is 0.260 e. The van der Waals surface area contributed by atoms with Crippen LogP contribution in [0.15, 0.2) is 48.5 Å². The molecule has 2 rings (SSSR count). The highest BCUT2D eigenvalue weighted by Gasteiger charge is 2.15. The minimum Gasteiger partial charge on any atom is -0.481 e. The van der Waals surface area contributed by atoms with Gasteiger partial charge in [0.15, 0.2) is 6.10 Å². The maximum absolute atomic E-state index is 12.2. The molecule has 0 radical (unpaired) electrons. The van der Waals surface area contributed by atoms with Crippen LogP contribution in [0.2, 0.25) is 5.02 Å². The minimum atomic E-state index is -3.32. The largest absolute Gasteiger partial charge is 0.481 e. The number of rotatable bonds is 10. The summed E-state index contributed by atoms with van der Waals surface area (Å²) >= 11 is 7.67. The molecule has 1 atom stereocenters. The van der Waals surface area contributed by atoms with E-state index in [4.69, 9.17) is 16.3 Å². The Labute approximate surface area is 181 Å². The van der Waals surface area contributed by atoms with Gasteiger partial charge in [-0.15, -0.1) is 0 Å². The van der Waals surface area contributed by atoms with E-state index < -0.39 is 16.1 Å². The third kappa shape index (κ3) is 7.79. The van der Waals surface area contributed by atoms with Crippen molar-refractivity contribution in [2.24, 2.45) is 0 Å². The van der Waals surface area contributed by atoms with Crippen molar-refractivity contribution < 1.29 is 17.9 Å². The molecule has 0 unspecified atom stereocenters. The van der Waals surface area contributed by atoms with Gasteiger partial charge in [-0.05, 0) is 48.9 Å². The molecule has 0 aliphatic heterocycles. The van der Waals surface area contributed by atoms with Crippen LogP contribution >= 0.6 is 23.4 Å². The lowest BCUT2D eigenvalue weighted by atomic mass is 10.2. The van der Waals surface area contributed by atoms with Gasteiger partial charge < -0.3 is 10.1 Å². The molecule has 1 N–H and O–H groups in total. The molecule has 1 amide bonds. The van der Waals surface area contributed by atoms with Crippen LogP contribution in [0.25, 0.3) is 0 Å². The van der Waals surface area contributed by atoms with Crippen LogP contribution in [-0.2, 0) is 20.6 Å². The van der Waals surface area contributed by atoms with Gasteiger partial charge in [-0.2, -0.15) is 11.8 Å². The molecule has 29 heavy (non-hydrogen) atoms. The van der Waals surface area contributed by atoms with Crippen molar-refractivity contribution >= 4 is 45.0 Å². The fourth-order valence-electron chi connectivity index (χ4n) is 2.39. The van der Waals surface area contributed by atoms with Crippen LogP contribution in [0.5, 0.6) is 5.75 Å². The molecule has 0 fully saturated rings. The molecule has 2 aromatic carbocycles. The number of amides is 1. The van der Waals surface area contributed by atoms with Gasteiger partial charge in [0.2, 0.25) is 10.0 Å². The summed E-state index contributed by atoms with van der Waals surface area (Å²) in [6, 6.07) is 14.3. The fourth-order valence-corrected chi connectivity index (χ4v) is 3.91. The molecule has 2 aromatic rings. The zero-order valence-corrected chi connectivity index (χ0v) is 19.0. The van der Waals surface area contributed by atoms with Gasteiger partial charge in [-0.3, -0.25) is 9.10 Å². The molecule has 0 aliphatic carbocycles. The Morgan fingerprint density at radius 3 is 2.55 bits per heavy atom. The molecule has 6 nitrogen and oxygen atoms in total. The van der Waals surface area contributed by atoms with Gasteiger partial charge in [0.1, 0.15) is 5.75 Å². The topological polar surface area (TPSA) is 75.7 Å². The quantitative estimate of drug-likeness (QED) is 0.553. The second-order valence-corrected chi connectivity index (χ2v) is 10.0. The maximum Gasteiger partial charge on any atom is 0.260 e. The van der Waals surface area contributed by atoms with E-state index >= 15 is 0 Å². The zero-order valence-electron chi connectivity index (χ0n) is 16.6. The first kappa shape index (κ1) is 23.4. The van der Waals surface area contributed by atoms with Crippen LogP contribution in [0.4, 0.5) is 5.69 Å². The highest BCUT2D eigenvalue weighted by molar-refractivity contribution is 7.98. The molecule has 9 heteroatoms. The van der Waals surface area contributed by atoms with E-state index in [9.17, 15) is 13.2 Å². The predicted octanol–water partition coefficient (Wildman–Crippen LogP) is 3.55. The number of benzene rings is 2. The summed E-state index contributed by atoms with van der Waals surface area (Å²) < 4.78 is 29.9. The molecular formula is C20H25ClN2O4S2. The van der Waals surface area contributed by atoms with Crippen molar-refractivity contribution in [3.05, 3.63) is 59.1 Å². The molecular weight excluding hydrogens is 432 g/mol. The van der Waals surface area contributed by atoms with Crippen LogP contribution < -0.4 is 14.4 Å². The van der Waals surface area contributed by atoms with Crippen molar-refractivity contribution in [2.45, 2.75) is 18.8 Å². The summed E-state index contributed by atoms with van der Waals surface area (Å²) in [4.78, 5) is 12.2. The first-order chi connectivity index (χ1) is 13.7. The van der Waals surface area contributed by atoms with Crippen LogP contribution in [0.3, 0.4) is 0 Å². The first-order valence-corrected chi connectivity index (χ1v) is 12.4. The Kier molecular flexibility index (Phi) is 8.67. The van der Waals surface area contributed by atoms with Crippen LogP contribution in [0, 0.1) is 0 Å². The van der Waals surface area contributed by atoms with E-state index in [1.807, 2.05) is 24.3 Å². The number of carbonyl (C=O) groups excluding carboxylic acids is 1. The lowest BCUT2D eigenvalue weighted by Gasteiger charge is -2.18. The molecule has 0 heterocycles. The minimum absolute atomic E-state index is 0.203. The third-order valence-corrected chi connectivity index (χ3v) is 6.55. The van der Waals surface area contributed by atoms with Crippen molar-refractivity contribution in [1.82, 2.24) is 5.32 Å². The van der Waals surface area contributed by atoms with E-state index in [-0.39, 0.29) is 5.91 Å². The number of anilines is 1. The van der Waals surface area contributed by atoms with Gasteiger partial charge in [-0.25, -0.2) is 8.42 Å². The Balaban J connectivity index is 1.73. The Morgan fingerprint density at radius 1 is 1.24 bits per heavy atom. The summed E-state index contributed by atoms with van der Waals surface area (Å²) in [5, 5.41) is 3.57. The number of sulfonamides is 1. The van der Waals surface area contributed by atoms with Gasteiger partial charge in [-0.1, -0.05) is 23.7 Å². The van der Waals surface area contributed by atoms with Gasteiger partial charge in [0.05, 0.1) is 11.9 Å². The molecule has 0 aromatic heterocycles. The number of ether oxygens (including phenoxy) is 1. The molecule has 0 aliphatic rings. The van der Waals surface area contributed by atoms with E-state index in [1.54, 1.807) is 43.0 Å². The number of halogens is 1. The van der Waals surface area contributed by atoms with Crippen molar-refractivity contribution in [3.8, 4) is 5.75 Å². The van der Waals surface area contributed by atoms with Gasteiger partial charge in [0, 0.05) is 30.1 Å². The van der Waals surface area contributed by atoms with Crippen molar-refractivity contribution in [3.63, 3.8) is 0 Å². The van der Waals surface area contributed by atoms with Gasteiger partial charge in [0.25, 0.3) is 5.91 Å². The Morgan fingerprint density at radius 2 is 1.93 bits per heavy atom. The normalized spacial score (nSPS) is 12.3. The molecule has 158 valence electrons. The SMILES string of the molecule is C[C@H](Oc1ccc(N(C)S(C)(=O)=O)cc1)C(=O)NCCSCc1cccc(Cl)c1. The summed E-state index contributed by atoms with van der Waals surface area (Å²) in [5.41, 5.74) is 1.67. The van der Waals surface area contributed by atoms with E-state index in [0.29, 0.717) is 18.0 Å². The van der Waals surface area contributed by atoms with Gasteiger partial charge >= 0.3 is 0 Å². The summed E-state index contributed by atoms with van der Waals surface area (Å²) in [5.74, 6) is 1.90. The fraction of sp³-hybridized carbons (Fsp3) is 0.350. The monoisotopic (exact) mass is 456 g/mol. The maximum atomic E-state index is 12.2. The molecule has 0 bridgehead atoms. The number of carbonyl (C=O) groups is 1. The number of nitrogens with one attached hydrogen (secondary N) is 1. The standard InChI is InChI=1S/C20H25ClN2O4S2/c1-15(27-19-9-7-18(8-10-19)23(2)29(3,25)26)20(24)22-11-12-28-14-16-5-4-6-17(21)13-16/h4-10,13,15H,11-12,14H2,1-3H3,(H,22,24)/t15-/m0/s1. The Bertz CT molecular complexity index is 920. The lowest BCUT2D eigenvalue weighted by molar-refractivity contribution is -0.127. The lowest BCUT2D eigenvalue weighted by Crippen LogP contribution is -2.37. The summed E-state index contributed by atoms with van der Waals surface area (Å²) in [6.45, 7) is 2.21. The number of hydrogen-bond donors (Lipinski definition) is 1. The third-order valence-electron chi connectivity index (χ3n) is 4.08. The summed E-state index contributed by atoms with van der Waals surface area (Å²) in [7, 11) is -1.84. The highest BCUT2D eigenvalue weighted by atomic mass is 35.5. The number of hydrogen-bond acceptors (Lipinski definition) is 5. The molecule has 0 saturated carbocycles.